The zero-order valence-corrected chi connectivity index (χ0v) is 14.7. The monoisotopic (exact) mass is 389 g/mol. The van der Waals surface area contributed by atoms with E-state index in [4.69, 9.17) is 0 Å². The van der Waals surface area contributed by atoms with Gasteiger partial charge in [-0.2, -0.15) is 0 Å². The Balaban J connectivity index is 1.92. The van der Waals surface area contributed by atoms with Gasteiger partial charge in [-0.1, -0.05) is 0 Å². The van der Waals surface area contributed by atoms with E-state index in [-0.39, 0.29) is 0 Å². The second kappa shape index (κ2) is 7.16. The van der Waals surface area contributed by atoms with Gasteiger partial charge < -0.3 is 5.32 Å². The van der Waals surface area contributed by atoms with Crippen LogP contribution >= 0.6 is 31.9 Å². The van der Waals surface area contributed by atoms with Crippen molar-refractivity contribution in [2.24, 2.45) is 0 Å². The Hall–Kier alpha value is 0.0300. The van der Waals surface area contributed by atoms with E-state index in [1.807, 2.05) is 6.20 Å². The summed E-state index contributed by atoms with van der Waals surface area (Å²) in [4.78, 5) is 6.93. The fourth-order valence-corrected chi connectivity index (χ4v) is 3.84. The molecular weight excluding hydrogens is 370 g/mol. The smallest absolute Gasteiger partial charge is 0.0686 e. The maximum Gasteiger partial charge on any atom is 0.0686 e. The van der Waals surface area contributed by atoms with E-state index in [0.717, 1.165) is 21.2 Å². The predicted octanol–water partition coefficient (Wildman–Crippen LogP) is 3.57. The molecule has 0 radical (unpaired) electrons. The average molecular weight is 391 g/mol. The number of nitrogens with zero attached hydrogens (tertiary/aromatic N) is 2. The molecule has 0 saturated heterocycles. The molecule has 2 rings (SSSR count). The Kier molecular flexibility index (Phi) is 5.81. The van der Waals surface area contributed by atoms with Crippen molar-refractivity contribution in [2.75, 3.05) is 14.1 Å². The summed E-state index contributed by atoms with van der Waals surface area (Å²) in [6.45, 7) is 0.906. The number of rotatable bonds is 4. The second-order valence-electron chi connectivity index (χ2n) is 5.29. The summed E-state index contributed by atoms with van der Waals surface area (Å²) in [5.74, 6) is 0. The summed E-state index contributed by atoms with van der Waals surface area (Å²) >= 11 is 7.03. The van der Waals surface area contributed by atoms with Crippen molar-refractivity contribution in [3.63, 3.8) is 0 Å². The van der Waals surface area contributed by atoms with Gasteiger partial charge in [0.15, 0.2) is 0 Å². The van der Waals surface area contributed by atoms with Crippen molar-refractivity contribution in [1.82, 2.24) is 15.2 Å². The summed E-state index contributed by atoms with van der Waals surface area (Å²) in [5.41, 5.74) is 1.11. The first-order valence-corrected chi connectivity index (χ1v) is 8.36. The largest absolute Gasteiger partial charge is 0.317 e. The number of hydrogen-bond acceptors (Lipinski definition) is 3. The molecule has 0 spiro atoms. The second-order valence-corrected chi connectivity index (χ2v) is 7.06. The molecule has 0 atom stereocenters. The molecule has 0 unspecified atom stereocenters. The molecule has 1 fully saturated rings. The molecule has 0 amide bonds. The molecule has 1 aliphatic rings. The molecule has 106 valence electrons. The molecule has 1 N–H and O–H groups in total. The summed E-state index contributed by atoms with van der Waals surface area (Å²) in [7, 11) is 4.28. The van der Waals surface area contributed by atoms with Gasteiger partial charge in [-0.25, -0.2) is 0 Å². The molecule has 1 aliphatic carbocycles. The van der Waals surface area contributed by atoms with Gasteiger partial charge in [0.1, 0.15) is 0 Å². The highest BCUT2D eigenvalue weighted by molar-refractivity contribution is 9.11. The number of nitrogens with one attached hydrogen (secondary N) is 1. The van der Waals surface area contributed by atoms with Gasteiger partial charge in [0, 0.05) is 33.8 Å². The quantitative estimate of drug-likeness (QED) is 0.851. The first-order valence-electron chi connectivity index (χ1n) is 6.77. The van der Waals surface area contributed by atoms with Gasteiger partial charge in [-0.15, -0.1) is 0 Å². The van der Waals surface area contributed by atoms with Crippen molar-refractivity contribution in [3.05, 3.63) is 26.9 Å². The standard InChI is InChI=1S/C14H21Br2N3/c1-17-11-3-5-12(6-4-11)19(2)9-14-13(16)7-10(15)8-18-14/h7-8,11-12,17H,3-6,9H2,1-2H3. The van der Waals surface area contributed by atoms with Crippen molar-refractivity contribution in [1.29, 1.82) is 0 Å². The number of hydrogen-bond donors (Lipinski definition) is 1. The first-order chi connectivity index (χ1) is 9.10. The molecule has 5 heteroatoms. The van der Waals surface area contributed by atoms with E-state index >= 15 is 0 Å². The van der Waals surface area contributed by atoms with Crippen LogP contribution in [0.4, 0.5) is 0 Å². The molecular formula is C14H21Br2N3. The highest BCUT2D eigenvalue weighted by Crippen LogP contribution is 2.25. The maximum absolute atomic E-state index is 4.50. The topological polar surface area (TPSA) is 28.2 Å². The minimum atomic E-state index is 0.682. The Morgan fingerprint density at radius 2 is 2.00 bits per heavy atom. The van der Waals surface area contributed by atoms with Gasteiger partial charge in [-0.3, -0.25) is 9.88 Å². The molecule has 19 heavy (non-hydrogen) atoms. The minimum absolute atomic E-state index is 0.682. The van der Waals surface area contributed by atoms with Crippen molar-refractivity contribution in [2.45, 2.75) is 44.3 Å². The lowest BCUT2D eigenvalue weighted by Crippen LogP contribution is -2.39. The molecule has 0 aromatic carbocycles. The lowest BCUT2D eigenvalue weighted by atomic mass is 9.90. The van der Waals surface area contributed by atoms with E-state index in [0.29, 0.717) is 12.1 Å². The van der Waals surface area contributed by atoms with Crippen LogP contribution in [-0.2, 0) is 6.54 Å². The van der Waals surface area contributed by atoms with Crippen LogP contribution in [0, 0.1) is 0 Å². The zero-order valence-electron chi connectivity index (χ0n) is 11.5. The van der Waals surface area contributed by atoms with Crippen LogP contribution in [0.3, 0.4) is 0 Å². The van der Waals surface area contributed by atoms with Crippen LogP contribution in [0.25, 0.3) is 0 Å². The number of halogens is 2. The average Bonchev–Trinajstić information content (AvgIpc) is 2.42. The maximum atomic E-state index is 4.50. The first kappa shape index (κ1) is 15.4. The van der Waals surface area contributed by atoms with Gasteiger partial charge in [0.2, 0.25) is 0 Å². The Morgan fingerprint density at radius 1 is 1.32 bits per heavy atom. The normalized spacial score (nSPS) is 23.8. The Labute approximate surface area is 132 Å². The third kappa shape index (κ3) is 4.25. The van der Waals surface area contributed by atoms with Crippen LogP contribution in [0.5, 0.6) is 0 Å². The Morgan fingerprint density at radius 3 is 2.58 bits per heavy atom. The fraction of sp³-hybridized carbons (Fsp3) is 0.643. The van der Waals surface area contributed by atoms with Gasteiger partial charge in [-0.05, 0) is 77.7 Å². The van der Waals surface area contributed by atoms with Gasteiger partial charge >= 0.3 is 0 Å². The molecule has 1 aromatic rings. The highest BCUT2D eigenvalue weighted by atomic mass is 79.9. The Bertz CT molecular complexity index is 417. The molecule has 1 saturated carbocycles. The zero-order chi connectivity index (χ0) is 13.8. The summed E-state index contributed by atoms with van der Waals surface area (Å²) in [6.07, 6.45) is 6.97. The third-order valence-corrected chi connectivity index (χ3v) is 5.13. The van der Waals surface area contributed by atoms with Crippen LogP contribution in [-0.4, -0.2) is 36.1 Å². The minimum Gasteiger partial charge on any atom is -0.317 e. The van der Waals surface area contributed by atoms with Crippen LogP contribution in [0.2, 0.25) is 0 Å². The number of pyridine rings is 1. The lowest BCUT2D eigenvalue weighted by Gasteiger charge is -2.34. The SMILES string of the molecule is CNC1CCC(N(C)Cc2ncc(Br)cc2Br)CC1. The van der Waals surface area contributed by atoms with Crippen LogP contribution < -0.4 is 5.32 Å². The van der Waals surface area contributed by atoms with E-state index in [9.17, 15) is 0 Å². The van der Waals surface area contributed by atoms with Crippen molar-refractivity contribution >= 4 is 31.9 Å². The summed E-state index contributed by atoms with van der Waals surface area (Å²) in [6, 6.07) is 3.46. The lowest BCUT2D eigenvalue weighted by molar-refractivity contribution is 0.168. The van der Waals surface area contributed by atoms with E-state index < -0.39 is 0 Å². The highest BCUT2D eigenvalue weighted by Gasteiger charge is 2.23. The molecule has 0 bridgehead atoms. The summed E-state index contributed by atoms with van der Waals surface area (Å²) in [5, 5.41) is 3.38. The van der Waals surface area contributed by atoms with Gasteiger partial charge in [0.05, 0.1) is 5.69 Å². The van der Waals surface area contributed by atoms with Gasteiger partial charge in [0.25, 0.3) is 0 Å². The van der Waals surface area contributed by atoms with Crippen LogP contribution in [0.1, 0.15) is 31.4 Å². The summed E-state index contributed by atoms with van der Waals surface area (Å²) < 4.78 is 2.10. The van der Waals surface area contributed by atoms with E-state index in [1.54, 1.807) is 0 Å². The molecule has 1 heterocycles. The molecule has 0 aliphatic heterocycles. The van der Waals surface area contributed by atoms with Crippen molar-refractivity contribution < 1.29 is 0 Å². The van der Waals surface area contributed by atoms with E-state index in [1.165, 1.54) is 25.7 Å². The predicted molar refractivity (Wildman–Crippen MR) is 86.2 cm³/mol. The van der Waals surface area contributed by atoms with Crippen molar-refractivity contribution in [3.8, 4) is 0 Å². The molecule has 3 nitrogen and oxygen atoms in total. The third-order valence-electron chi connectivity index (χ3n) is 4.01. The van der Waals surface area contributed by atoms with Crippen LogP contribution in [0.15, 0.2) is 21.2 Å². The fourth-order valence-electron chi connectivity index (χ4n) is 2.73. The molecule has 1 aromatic heterocycles. The van der Waals surface area contributed by atoms with E-state index in [2.05, 4.69) is 67.2 Å². The number of aromatic nitrogens is 1.